The molecule has 0 saturated carbocycles. The van der Waals surface area contributed by atoms with E-state index in [4.69, 9.17) is 0 Å². The molecular weight excluding hydrogens is 442 g/mol. The highest BCUT2D eigenvalue weighted by Crippen LogP contribution is 2.43. The average Bonchev–Trinajstić information content (AvgIpc) is 2.93. The zero-order chi connectivity index (χ0) is 21.5. The predicted molar refractivity (Wildman–Crippen MR) is 121 cm³/mol. The highest BCUT2D eigenvalue weighted by Gasteiger charge is 2.50. The second-order valence-corrected chi connectivity index (χ2v) is 8.72. The first-order valence-corrected chi connectivity index (χ1v) is 10.6. The smallest absolute Gasteiger partial charge is 0.264 e. The van der Waals surface area contributed by atoms with Crippen molar-refractivity contribution in [2.24, 2.45) is 0 Å². The van der Waals surface area contributed by atoms with Gasteiger partial charge >= 0.3 is 0 Å². The fourth-order valence-electron chi connectivity index (χ4n) is 3.97. The Hall–Kier alpha value is -2.76. The van der Waals surface area contributed by atoms with E-state index in [0.29, 0.717) is 23.4 Å². The van der Waals surface area contributed by atoms with Crippen LogP contribution in [0.25, 0.3) is 0 Å². The number of para-hydroxylation sites is 1. The number of hydrogen-bond donors (Lipinski definition) is 1. The Kier molecular flexibility index (Phi) is 5.35. The van der Waals surface area contributed by atoms with Crippen LogP contribution >= 0.6 is 15.9 Å². The van der Waals surface area contributed by atoms with Gasteiger partial charge in [-0.25, -0.2) is 0 Å². The number of fused-ring (bicyclic) bond motifs is 1. The van der Waals surface area contributed by atoms with E-state index in [1.54, 1.807) is 35.2 Å². The predicted octanol–water partition coefficient (Wildman–Crippen LogP) is 5.07. The summed E-state index contributed by atoms with van der Waals surface area (Å²) in [7, 11) is 0. The van der Waals surface area contributed by atoms with Crippen LogP contribution in [0.5, 0.6) is 0 Å². The van der Waals surface area contributed by atoms with Gasteiger partial charge in [0.1, 0.15) is 0 Å². The van der Waals surface area contributed by atoms with E-state index >= 15 is 0 Å². The van der Waals surface area contributed by atoms with Crippen molar-refractivity contribution in [3.05, 3.63) is 99.0 Å². The molecule has 0 aromatic heterocycles. The first-order valence-electron chi connectivity index (χ1n) is 9.78. The van der Waals surface area contributed by atoms with Gasteiger partial charge in [0.25, 0.3) is 5.91 Å². The van der Waals surface area contributed by atoms with Crippen LogP contribution in [-0.4, -0.2) is 16.8 Å². The number of Topliss-reactive ketones (excluding diaryl/α,β-unsaturated/α-hetero) is 1. The van der Waals surface area contributed by atoms with E-state index in [2.05, 4.69) is 22.0 Å². The molecular formula is C25H22BrNO3. The summed E-state index contributed by atoms with van der Waals surface area (Å²) in [6.45, 7) is 4.36. The maximum atomic E-state index is 13.4. The van der Waals surface area contributed by atoms with Crippen LogP contribution in [0, 0.1) is 13.8 Å². The monoisotopic (exact) mass is 463 g/mol. The molecule has 152 valence electrons. The van der Waals surface area contributed by atoms with Crippen molar-refractivity contribution in [2.45, 2.75) is 32.4 Å². The van der Waals surface area contributed by atoms with Crippen LogP contribution < -0.4 is 4.90 Å². The van der Waals surface area contributed by atoms with Crippen LogP contribution in [0.4, 0.5) is 5.69 Å². The van der Waals surface area contributed by atoms with Crippen molar-refractivity contribution < 1.29 is 14.7 Å². The number of ketones is 1. The lowest BCUT2D eigenvalue weighted by Crippen LogP contribution is -2.41. The van der Waals surface area contributed by atoms with Gasteiger partial charge in [0.05, 0.1) is 18.7 Å². The third kappa shape index (κ3) is 3.59. The Morgan fingerprint density at radius 2 is 1.80 bits per heavy atom. The van der Waals surface area contributed by atoms with Gasteiger partial charge < -0.3 is 10.0 Å². The molecule has 30 heavy (non-hydrogen) atoms. The van der Waals surface area contributed by atoms with Gasteiger partial charge in [-0.2, -0.15) is 0 Å². The van der Waals surface area contributed by atoms with Gasteiger partial charge in [0.2, 0.25) is 0 Å². The third-order valence-electron chi connectivity index (χ3n) is 5.64. The average molecular weight is 464 g/mol. The number of benzene rings is 3. The summed E-state index contributed by atoms with van der Waals surface area (Å²) in [6, 6.07) is 20.3. The molecule has 0 unspecified atom stereocenters. The Labute approximate surface area is 184 Å². The summed E-state index contributed by atoms with van der Waals surface area (Å²) in [6.07, 6.45) is -0.303. The van der Waals surface area contributed by atoms with Gasteiger partial charge in [0.15, 0.2) is 11.4 Å². The Balaban J connectivity index is 1.70. The zero-order valence-electron chi connectivity index (χ0n) is 16.9. The third-order valence-corrected chi connectivity index (χ3v) is 6.13. The molecule has 0 radical (unpaired) electrons. The highest BCUT2D eigenvalue weighted by atomic mass is 79.9. The molecule has 0 saturated heterocycles. The number of hydrogen-bond acceptors (Lipinski definition) is 3. The molecule has 3 aromatic carbocycles. The minimum Gasteiger partial charge on any atom is -0.375 e. The van der Waals surface area contributed by atoms with Crippen molar-refractivity contribution in [1.29, 1.82) is 0 Å². The lowest BCUT2D eigenvalue weighted by molar-refractivity contribution is -0.136. The van der Waals surface area contributed by atoms with Crippen LogP contribution in [-0.2, 0) is 16.9 Å². The minimum atomic E-state index is -1.88. The Morgan fingerprint density at radius 3 is 2.57 bits per heavy atom. The molecule has 1 aliphatic heterocycles. The Morgan fingerprint density at radius 1 is 1.03 bits per heavy atom. The first kappa shape index (κ1) is 20.5. The molecule has 0 aliphatic carbocycles. The second kappa shape index (κ2) is 7.82. The first-order chi connectivity index (χ1) is 14.3. The molecule has 1 N–H and O–H groups in total. The maximum Gasteiger partial charge on any atom is 0.264 e. The van der Waals surface area contributed by atoms with Gasteiger partial charge in [-0.05, 0) is 43.2 Å². The van der Waals surface area contributed by atoms with E-state index in [1.165, 1.54) is 0 Å². The largest absolute Gasteiger partial charge is 0.375 e. The van der Waals surface area contributed by atoms with Crippen LogP contribution in [0.1, 0.15) is 39.0 Å². The number of amides is 1. The van der Waals surface area contributed by atoms with Crippen molar-refractivity contribution in [2.75, 3.05) is 4.90 Å². The second-order valence-electron chi connectivity index (χ2n) is 7.81. The molecule has 3 aromatic rings. The van der Waals surface area contributed by atoms with Gasteiger partial charge in [-0.1, -0.05) is 70.0 Å². The van der Waals surface area contributed by atoms with E-state index in [1.807, 2.05) is 44.2 Å². The molecule has 4 nitrogen and oxygen atoms in total. The summed E-state index contributed by atoms with van der Waals surface area (Å²) in [5.74, 6) is -0.747. The Bertz CT molecular complexity index is 1160. The van der Waals surface area contributed by atoms with E-state index in [0.717, 1.165) is 21.2 Å². The molecule has 5 heteroatoms. The number of carbonyl (C=O) groups excluding carboxylic acids is 2. The van der Waals surface area contributed by atoms with Gasteiger partial charge in [0, 0.05) is 15.6 Å². The van der Waals surface area contributed by atoms with Crippen molar-refractivity contribution in [3.8, 4) is 0 Å². The number of rotatable bonds is 5. The van der Waals surface area contributed by atoms with Crippen molar-refractivity contribution in [3.63, 3.8) is 0 Å². The quantitative estimate of drug-likeness (QED) is 0.537. The van der Waals surface area contributed by atoms with Crippen molar-refractivity contribution >= 4 is 33.3 Å². The summed E-state index contributed by atoms with van der Waals surface area (Å²) < 4.78 is 0.773. The zero-order valence-corrected chi connectivity index (χ0v) is 18.4. The lowest BCUT2D eigenvalue weighted by Gasteiger charge is -2.23. The molecule has 0 bridgehead atoms. The number of nitrogens with zero attached hydrogens (tertiary/aromatic N) is 1. The molecule has 1 atom stereocenters. The number of aliphatic hydroxyl groups is 1. The standard InChI is InChI=1S/C25H22BrNO3/c1-16-10-11-17(2)19(12-16)15-27-22-9-4-3-8-21(22)25(30,24(27)29)14-23(28)18-6-5-7-20(26)13-18/h3-13,30H,14-15H2,1-2H3/t25-/m0/s1. The number of anilines is 1. The molecule has 1 heterocycles. The van der Waals surface area contributed by atoms with Crippen LogP contribution in [0.15, 0.2) is 71.2 Å². The number of carbonyl (C=O) groups is 2. The molecule has 0 fully saturated rings. The fraction of sp³-hybridized carbons (Fsp3) is 0.200. The molecule has 0 spiro atoms. The van der Waals surface area contributed by atoms with Gasteiger partial charge in [-0.15, -0.1) is 0 Å². The SMILES string of the molecule is Cc1ccc(C)c(CN2C(=O)[C@](O)(CC(=O)c3cccc(Br)c3)c3ccccc32)c1. The highest BCUT2D eigenvalue weighted by molar-refractivity contribution is 9.10. The normalized spacial score (nSPS) is 17.9. The van der Waals surface area contributed by atoms with Crippen LogP contribution in [0.2, 0.25) is 0 Å². The van der Waals surface area contributed by atoms with E-state index in [9.17, 15) is 14.7 Å². The summed E-state index contributed by atoms with van der Waals surface area (Å²) in [5.41, 5.74) is 2.89. The van der Waals surface area contributed by atoms with Gasteiger partial charge in [-0.3, -0.25) is 9.59 Å². The minimum absolute atomic E-state index is 0.282. The summed E-state index contributed by atoms with van der Waals surface area (Å²) in [5, 5.41) is 11.5. The molecule has 1 amide bonds. The van der Waals surface area contributed by atoms with E-state index in [-0.39, 0.29) is 12.2 Å². The number of halogens is 1. The van der Waals surface area contributed by atoms with Crippen molar-refractivity contribution in [1.82, 2.24) is 0 Å². The fourth-order valence-corrected chi connectivity index (χ4v) is 4.37. The maximum absolute atomic E-state index is 13.4. The topological polar surface area (TPSA) is 57.6 Å². The summed E-state index contributed by atoms with van der Waals surface area (Å²) in [4.78, 5) is 27.9. The van der Waals surface area contributed by atoms with E-state index < -0.39 is 11.5 Å². The van der Waals surface area contributed by atoms with Crippen LogP contribution in [0.3, 0.4) is 0 Å². The molecule has 1 aliphatic rings. The lowest BCUT2D eigenvalue weighted by atomic mass is 9.88. The molecule has 4 rings (SSSR count). The number of aryl methyl sites for hydroxylation is 2. The summed E-state index contributed by atoms with van der Waals surface area (Å²) >= 11 is 3.36.